The highest BCUT2D eigenvalue weighted by Gasteiger charge is 2.09. The van der Waals surface area contributed by atoms with Gasteiger partial charge in [-0.3, -0.25) is 9.78 Å². The van der Waals surface area contributed by atoms with Crippen molar-refractivity contribution < 1.29 is 4.79 Å². The molecule has 0 atom stereocenters. The minimum atomic E-state index is 0.144. The van der Waals surface area contributed by atoms with Crippen molar-refractivity contribution in [3.05, 3.63) is 24.5 Å². The van der Waals surface area contributed by atoms with E-state index in [1.807, 2.05) is 12.1 Å². The summed E-state index contributed by atoms with van der Waals surface area (Å²) < 4.78 is 0. The quantitative estimate of drug-likeness (QED) is 0.735. The number of aromatic nitrogens is 1. The second-order valence-electron chi connectivity index (χ2n) is 4.12. The lowest BCUT2D eigenvalue weighted by Gasteiger charge is -2.16. The van der Waals surface area contributed by atoms with Crippen LogP contribution < -0.4 is 10.6 Å². The second-order valence-corrected chi connectivity index (χ2v) is 4.12. The first-order valence-corrected chi connectivity index (χ1v) is 6.12. The number of unbranched alkanes of at least 4 members (excludes halogenated alkanes) is 3. The van der Waals surface area contributed by atoms with Crippen molar-refractivity contribution in [1.82, 2.24) is 4.98 Å². The van der Waals surface area contributed by atoms with Gasteiger partial charge in [-0.1, -0.05) is 12.8 Å². The van der Waals surface area contributed by atoms with Crippen molar-refractivity contribution >= 4 is 11.6 Å². The van der Waals surface area contributed by atoms with E-state index in [0.29, 0.717) is 6.42 Å². The van der Waals surface area contributed by atoms with Crippen molar-refractivity contribution in [1.29, 1.82) is 0 Å². The molecule has 0 aliphatic heterocycles. The SMILES string of the molecule is CN(C(=O)CCCCCCN)c1cccnc1. The lowest BCUT2D eigenvalue weighted by Crippen LogP contribution is -2.25. The summed E-state index contributed by atoms with van der Waals surface area (Å²) in [5, 5.41) is 0. The van der Waals surface area contributed by atoms with Gasteiger partial charge in [0.2, 0.25) is 5.91 Å². The molecule has 4 heteroatoms. The third kappa shape index (κ3) is 4.95. The Balaban J connectivity index is 2.28. The molecule has 94 valence electrons. The molecule has 17 heavy (non-hydrogen) atoms. The second kappa shape index (κ2) is 7.79. The molecule has 0 saturated heterocycles. The number of rotatable bonds is 7. The zero-order valence-corrected chi connectivity index (χ0v) is 10.4. The molecule has 2 N–H and O–H groups in total. The minimum Gasteiger partial charge on any atom is -0.330 e. The molecule has 0 bridgehead atoms. The molecule has 0 unspecified atom stereocenters. The molecule has 1 aromatic heterocycles. The van der Waals surface area contributed by atoms with Crippen LogP contribution >= 0.6 is 0 Å². The van der Waals surface area contributed by atoms with Gasteiger partial charge in [-0.25, -0.2) is 0 Å². The van der Waals surface area contributed by atoms with Gasteiger partial charge in [0, 0.05) is 19.7 Å². The van der Waals surface area contributed by atoms with Gasteiger partial charge < -0.3 is 10.6 Å². The normalized spacial score (nSPS) is 10.2. The maximum atomic E-state index is 11.8. The molecule has 0 radical (unpaired) electrons. The van der Waals surface area contributed by atoms with E-state index in [0.717, 1.165) is 37.9 Å². The predicted molar refractivity (Wildman–Crippen MR) is 69.8 cm³/mol. The van der Waals surface area contributed by atoms with Crippen LogP contribution in [0.1, 0.15) is 32.1 Å². The number of nitrogens with two attached hydrogens (primary N) is 1. The zero-order valence-electron chi connectivity index (χ0n) is 10.4. The van der Waals surface area contributed by atoms with Crippen LogP contribution in [0.4, 0.5) is 5.69 Å². The Bertz CT molecular complexity index is 327. The van der Waals surface area contributed by atoms with Gasteiger partial charge in [-0.15, -0.1) is 0 Å². The Morgan fingerprint density at radius 3 is 2.76 bits per heavy atom. The molecule has 0 aromatic carbocycles. The fraction of sp³-hybridized carbons (Fsp3) is 0.538. The number of carbonyl (C=O) groups is 1. The van der Waals surface area contributed by atoms with Crippen LogP contribution in [-0.4, -0.2) is 24.5 Å². The average molecular weight is 235 g/mol. The first-order valence-electron chi connectivity index (χ1n) is 6.12. The maximum Gasteiger partial charge on any atom is 0.226 e. The van der Waals surface area contributed by atoms with E-state index in [1.165, 1.54) is 0 Å². The molecule has 1 amide bonds. The molecule has 1 aromatic rings. The summed E-state index contributed by atoms with van der Waals surface area (Å²) in [5.41, 5.74) is 6.26. The summed E-state index contributed by atoms with van der Waals surface area (Å²) in [5.74, 6) is 0.144. The molecule has 1 rings (SSSR count). The van der Waals surface area contributed by atoms with Gasteiger partial charge in [-0.2, -0.15) is 0 Å². The van der Waals surface area contributed by atoms with Crippen LogP contribution in [0.3, 0.4) is 0 Å². The van der Waals surface area contributed by atoms with Crippen LogP contribution in [0, 0.1) is 0 Å². The van der Waals surface area contributed by atoms with Gasteiger partial charge in [0.25, 0.3) is 0 Å². The number of carbonyl (C=O) groups excluding carboxylic acids is 1. The van der Waals surface area contributed by atoms with E-state index in [2.05, 4.69) is 4.98 Å². The highest BCUT2D eigenvalue weighted by atomic mass is 16.2. The Kier molecular flexibility index (Phi) is 6.25. The van der Waals surface area contributed by atoms with Crippen LogP contribution in [0.2, 0.25) is 0 Å². The predicted octanol–water partition coefficient (Wildman–Crippen LogP) is 1.95. The van der Waals surface area contributed by atoms with Crippen molar-refractivity contribution in [2.24, 2.45) is 5.73 Å². The van der Waals surface area contributed by atoms with Gasteiger partial charge in [0.05, 0.1) is 11.9 Å². The fourth-order valence-corrected chi connectivity index (χ4v) is 1.64. The summed E-state index contributed by atoms with van der Waals surface area (Å²) in [6, 6.07) is 3.72. The van der Waals surface area contributed by atoms with E-state index in [-0.39, 0.29) is 5.91 Å². The van der Waals surface area contributed by atoms with Crippen LogP contribution in [0.5, 0.6) is 0 Å². The van der Waals surface area contributed by atoms with Crippen LogP contribution in [-0.2, 0) is 4.79 Å². The van der Waals surface area contributed by atoms with E-state index >= 15 is 0 Å². The Hall–Kier alpha value is -1.42. The summed E-state index contributed by atoms with van der Waals surface area (Å²) in [6.45, 7) is 0.740. The molecule has 0 aliphatic carbocycles. The summed E-state index contributed by atoms with van der Waals surface area (Å²) in [4.78, 5) is 17.5. The lowest BCUT2D eigenvalue weighted by atomic mass is 10.1. The van der Waals surface area contributed by atoms with E-state index < -0.39 is 0 Å². The minimum absolute atomic E-state index is 0.144. The van der Waals surface area contributed by atoms with E-state index in [9.17, 15) is 4.79 Å². The molecule has 0 fully saturated rings. The number of amides is 1. The largest absolute Gasteiger partial charge is 0.330 e. The molecule has 4 nitrogen and oxygen atoms in total. The lowest BCUT2D eigenvalue weighted by molar-refractivity contribution is -0.118. The molecule has 0 spiro atoms. The molecule has 0 saturated carbocycles. The smallest absolute Gasteiger partial charge is 0.226 e. The van der Waals surface area contributed by atoms with Crippen molar-refractivity contribution in [2.75, 3.05) is 18.5 Å². The summed E-state index contributed by atoms with van der Waals surface area (Å²) >= 11 is 0. The fourth-order valence-electron chi connectivity index (χ4n) is 1.64. The van der Waals surface area contributed by atoms with Crippen molar-refractivity contribution in [3.63, 3.8) is 0 Å². The topological polar surface area (TPSA) is 59.2 Å². The molecular formula is C13H21N3O. The number of anilines is 1. The van der Waals surface area contributed by atoms with Gasteiger partial charge in [-0.05, 0) is 31.5 Å². The third-order valence-corrected chi connectivity index (χ3v) is 2.75. The van der Waals surface area contributed by atoms with Crippen molar-refractivity contribution in [2.45, 2.75) is 32.1 Å². The summed E-state index contributed by atoms with van der Waals surface area (Å²) in [6.07, 6.45) is 8.16. The summed E-state index contributed by atoms with van der Waals surface area (Å²) in [7, 11) is 1.79. The monoisotopic (exact) mass is 235 g/mol. The molecule has 0 aliphatic rings. The zero-order chi connectivity index (χ0) is 12.5. The first-order chi connectivity index (χ1) is 8.25. The number of hydrogen-bond acceptors (Lipinski definition) is 3. The Morgan fingerprint density at radius 2 is 2.12 bits per heavy atom. The highest BCUT2D eigenvalue weighted by Crippen LogP contribution is 2.12. The van der Waals surface area contributed by atoms with Gasteiger partial charge in [0.15, 0.2) is 0 Å². The third-order valence-electron chi connectivity index (χ3n) is 2.75. The Morgan fingerprint density at radius 1 is 1.35 bits per heavy atom. The maximum absolute atomic E-state index is 11.8. The average Bonchev–Trinajstić information content (AvgIpc) is 2.38. The molecule has 1 heterocycles. The van der Waals surface area contributed by atoms with Crippen LogP contribution in [0.15, 0.2) is 24.5 Å². The van der Waals surface area contributed by atoms with Gasteiger partial charge >= 0.3 is 0 Å². The molecular weight excluding hydrogens is 214 g/mol. The Labute approximate surface area is 103 Å². The van der Waals surface area contributed by atoms with Crippen LogP contribution in [0.25, 0.3) is 0 Å². The number of pyridine rings is 1. The van der Waals surface area contributed by atoms with E-state index in [1.54, 1.807) is 24.3 Å². The number of hydrogen-bond donors (Lipinski definition) is 1. The van der Waals surface area contributed by atoms with E-state index in [4.69, 9.17) is 5.73 Å². The van der Waals surface area contributed by atoms with Crippen molar-refractivity contribution in [3.8, 4) is 0 Å². The number of nitrogens with zero attached hydrogens (tertiary/aromatic N) is 2. The highest BCUT2D eigenvalue weighted by molar-refractivity contribution is 5.92. The van der Waals surface area contributed by atoms with Gasteiger partial charge in [0.1, 0.15) is 0 Å². The first kappa shape index (κ1) is 13.6. The standard InChI is InChI=1S/C13H21N3O/c1-16(12-7-6-10-15-11-12)13(17)8-4-2-3-5-9-14/h6-7,10-11H,2-5,8-9,14H2,1H3.